The van der Waals surface area contributed by atoms with Crippen molar-refractivity contribution in [1.29, 1.82) is 0 Å². The largest absolute Gasteiger partial charge is 0.383 e. The first kappa shape index (κ1) is 18.3. The molecule has 3 heterocycles. The van der Waals surface area contributed by atoms with E-state index in [9.17, 15) is 4.79 Å². The molecule has 0 aromatic carbocycles. The normalized spacial score (nSPS) is 23.6. The molecule has 1 spiro atoms. The van der Waals surface area contributed by atoms with Crippen LogP contribution in [-0.2, 0) is 4.74 Å². The summed E-state index contributed by atoms with van der Waals surface area (Å²) < 4.78 is 5.45. The van der Waals surface area contributed by atoms with Crippen molar-refractivity contribution in [3.8, 4) is 0 Å². The summed E-state index contributed by atoms with van der Waals surface area (Å²) in [5.74, 6) is 0.0747. The van der Waals surface area contributed by atoms with Gasteiger partial charge in [-0.15, -0.1) is 0 Å². The smallest absolute Gasteiger partial charge is 0.272 e. The molecule has 2 aliphatic rings. The monoisotopic (exact) mass is 345 g/mol. The molecule has 0 radical (unpaired) electrons. The number of hydrogen-bond donors (Lipinski definition) is 0. The quantitative estimate of drug-likeness (QED) is 0.842. The molecule has 0 bridgehead atoms. The predicted molar refractivity (Wildman–Crippen MR) is 98.7 cm³/mol. The fraction of sp³-hybridized carbons (Fsp3) is 0.700. The number of methoxy groups -OCH3 is 1. The number of carbonyl (C=O) groups is 1. The van der Waals surface area contributed by atoms with Crippen LogP contribution in [-0.4, -0.2) is 66.1 Å². The maximum absolute atomic E-state index is 12.7. The third-order valence-electron chi connectivity index (χ3n) is 5.90. The Kier molecular flexibility index (Phi) is 5.44. The number of hydrogen-bond acceptors (Lipinski definition) is 4. The van der Waals surface area contributed by atoms with Crippen LogP contribution in [0.5, 0.6) is 0 Å². The van der Waals surface area contributed by atoms with Gasteiger partial charge in [-0.25, -0.2) is 4.98 Å². The van der Waals surface area contributed by atoms with Gasteiger partial charge >= 0.3 is 0 Å². The minimum absolute atomic E-state index is 0.0747. The lowest BCUT2D eigenvalue weighted by molar-refractivity contribution is 0.0576. The van der Waals surface area contributed by atoms with Crippen LogP contribution in [0.4, 0.5) is 0 Å². The van der Waals surface area contributed by atoms with E-state index in [4.69, 9.17) is 4.74 Å². The average Bonchev–Trinajstić information content (AvgIpc) is 2.94. The number of likely N-dealkylation sites (tertiary alicyclic amines) is 2. The van der Waals surface area contributed by atoms with Crippen LogP contribution in [0.25, 0.3) is 0 Å². The average molecular weight is 345 g/mol. The highest BCUT2D eigenvalue weighted by Crippen LogP contribution is 2.44. The zero-order valence-corrected chi connectivity index (χ0v) is 16.0. The van der Waals surface area contributed by atoms with Gasteiger partial charge in [0.2, 0.25) is 0 Å². The maximum Gasteiger partial charge on any atom is 0.272 e. The first-order valence-electron chi connectivity index (χ1n) is 9.42. The molecule has 1 aromatic rings. The molecule has 2 saturated heterocycles. The Bertz CT molecular complexity index is 609. The van der Waals surface area contributed by atoms with Gasteiger partial charge in [-0.2, -0.15) is 0 Å². The Morgan fingerprint density at radius 1 is 1.36 bits per heavy atom. The van der Waals surface area contributed by atoms with Crippen LogP contribution >= 0.6 is 0 Å². The lowest BCUT2D eigenvalue weighted by Gasteiger charge is -2.39. The number of ether oxygens (including phenoxy) is 1. The van der Waals surface area contributed by atoms with E-state index in [1.165, 1.54) is 6.42 Å². The van der Waals surface area contributed by atoms with Crippen molar-refractivity contribution in [3.05, 3.63) is 29.6 Å². The number of amides is 1. The fourth-order valence-electron chi connectivity index (χ4n) is 4.52. The summed E-state index contributed by atoms with van der Waals surface area (Å²) in [7, 11) is 1.79. The summed E-state index contributed by atoms with van der Waals surface area (Å²) in [4.78, 5) is 21.7. The van der Waals surface area contributed by atoms with Crippen LogP contribution in [0.3, 0.4) is 0 Å². The Morgan fingerprint density at radius 2 is 2.08 bits per heavy atom. The Morgan fingerprint density at radius 3 is 2.68 bits per heavy atom. The highest BCUT2D eigenvalue weighted by molar-refractivity contribution is 5.92. The lowest BCUT2D eigenvalue weighted by Crippen LogP contribution is -2.45. The molecule has 0 aliphatic carbocycles. The second-order valence-corrected chi connectivity index (χ2v) is 8.04. The van der Waals surface area contributed by atoms with Crippen molar-refractivity contribution in [1.82, 2.24) is 14.8 Å². The molecule has 0 saturated carbocycles. The summed E-state index contributed by atoms with van der Waals surface area (Å²) in [5.41, 5.74) is 1.80. The summed E-state index contributed by atoms with van der Waals surface area (Å²) in [5, 5.41) is 0. The van der Waals surface area contributed by atoms with Gasteiger partial charge in [0.15, 0.2) is 0 Å². The van der Waals surface area contributed by atoms with Crippen LogP contribution in [0.1, 0.15) is 49.3 Å². The molecule has 1 unspecified atom stereocenters. The van der Waals surface area contributed by atoms with E-state index in [1.807, 2.05) is 30.0 Å². The predicted octanol–water partition coefficient (Wildman–Crippen LogP) is 2.74. The zero-order valence-electron chi connectivity index (χ0n) is 16.0. The van der Waals surface area contributed by atoms with Gasteiger partial charge in [0.25, 0.3) is 5.91 Å². The minimum atomic E-state index is 0.0747. The topological polar surface area (TPSA) is 45.7 Å². The molecule has 5 heteroatoms. The van der Waals surface area contributed by atoms with Crippen molar-refractivity contribution in [2.75, 3.05) is 33.4 Å². The molecule has 2 fully saturated rings. The SMILES string of the molecule is COCC1CC2(CCN(C(=O)c3cccc(C)n3)CC2)CN1C(C)C. The first-order chi connectivity index (χ1) is 11.9. The molecule has 138 valence electrons. The van der Waals surface area contributed by atoms with Gasteiger partial charge in [0.1, 0.15) is 5.69 Å². The van der Waals surface area contributed by atoms with Gasteiger partial charge < -0.3 is 9.64 Å². The van der Waals surface area contributed by atoms with Crippen molar-refractivity contribution >= 4 is 5.91 Å². The zero-order chi connectivity index (χ0) is 18.0. The van der Waals surface area contributed by atoms with Gasteiger partial charge in [-0.1, -0.05) is 6.07 Å². The summed E-state index contributed by atoms with van der Waals surface area (Å²) in [6, 6.07) is 6.70. The van der Waals surface area contributed by atoms with E-state index in [1.54, 1.807) is 7.11 Å². The van der Waals surface area contributed by atoms with Crippen LogP contribution in [0.2, 0.25) is 0 Å². The van der Waals surface area contributed by atoms with E-state index in [0.29, 0.717) is 23.2 Å². The van der Waals surface area contributed by atoms with Crippen LogP contribution in [0.15, 0.2) is 18.2 Å². The lowest BCUT2D eigenvalue weighted by atomic mass is 9.76. The third kappa shape index (κ3) is 3.87. The van der Waals surface area contributed by atoms with Gasteiger partial charge in [0.05, 0.1) is 6.61 Å². The van der Waals surface area contributed by atoms with E-state index in [2.05, 4.69) is 23.7 Å². The van der Waals surface area contributed by atoms with E-state index in [-0.39, 0.29) is 5.91 Å². The highest BCUT2D eigenvalue weighted by atomic mass is 16.5. The Hall–Kier alpha value is -1.46. The number of aryl methyl sites for hydroxylation is 1. The number of nitrogens with zero attached hydrogens (tertiary/aromatic N) is 3. The van der Waals surface area contributed by atoms with Crippen molar-refractivity contribution < 1.29 is 9.53 Å². The number of aromatic nitrogens is 1. The summed E-state index contributed by atoms with van der Waals surface area (Å²) in [6.07, 6.45) is 3.34. The summed E-state index contributed by atoms with van der Waals surface area (Å²) >= 11 is 0. The Balaban J connectivity index is 1.64. The first-order valence-corrected chi connectivity index (χ1v) is 9.42. The van der Waals surface area contributed by atoms with Gasteiger partial charge in [-0.05, 0) is 57.6 Å². The number of piperidine rings is 1. The molecule has 1 atom stereocenters. The number of pyridine rings is 1. The molecule has 2 aliphatic heterocycles. The van der Waals surface area contributed by atoms with Crippen molar-refractivity contribution in [2.45, 2.75) is 52.1 Å². The maximum atomic E-state index is 12.7. The standard InChI is InChI=1S/C20H31N3O2/c1-15(2)23-14-20(12-17(23)13-25-4)8-10-22(11-9-20)19(24)18-7-5-6-16(3)21-18/h5-7,15,17H,8-14H2,1-4H3. The van der Waals surface area contributed by atoms with Crippen LogP contribution < -0.4 is 0 Å². The number of rotatable bonds is 4. The molecular weight excluding hydrogens is 314 g/mol. The summed E-state index contributed by atoms with van der Waals surface area (Å²) in [6.45, 7) is 10.1. The minimum Gasteiger partial charge on any atom is -0.383 e. The van der Waals surface area contributed by atoms with Gasteiger partial charge in [0, 0.05) is 44.5 Å². The van der Waals surface area contributed by atoms with Gasteiger partial charge in [-0.3, -0.25) is 9.69 Å². The molecular formula is C20H31N3O2. The van der Waals surface area contributed by atoms with Crippen molar-refractivity contribution in [3.63, 3.8) is 0 Å². The van der Waals surface area contributed by atoms with E-state index < -0.39 is 0 Å². The molecule has 1 amide bonds. The third-order valence-corrected chi connectivity index (χ3v) is 5.90. The highest BCUT2D eigenvalue weighted by Gasteiger charge is 2.46. The molecule has 5 nitrogen and oxygen atoms in total. The van der Waals surface area contributed by atoms with E-state index >= 15 is 0 Å². The molecule has 25 heavy (non-hydrogen) atoms. The molecule has 1 aromatic heterocycles. The number of carbonyl (C=O) groups excluding carboxylic acids is 1. The molecule has 0 N–H and O–H groups in total. The molecule has 3 rings (SSSR count). The van der Waals surface area contributed by atoms with E-state index in [0.717, 1.165) is 44.8 Å². The second-order valence-electron chi connectivity index (χ2n) is 8.04. The van der Waals surface area contributed by atoms with Crippen molar-refractivity contribution in [2.24, 2.45) is 5.41 Å². The second kappa shape index (κ2) is 7.42. The fourth-order valence-corrected chi connectivity index (χ4v) is 4.52. The van der Waals surface area contributed by atoms with Crippen LogP contribution in [0, 0.1) is 12.3 Å². The Labute approximate surface area is 151 Å².